The molecule has 0 saturated carbocycles. The van der Waals surface area contributed by atoms with Gasteiger partial charge in [0.2, 0.25) is 5.91 Å². The number of carbonyl (C=O) groups is 1. The number of para-hydroxylation sites is 1. The van der Waals surface area contributed by atoms with Crippen molar-refractivity contribution in [2.75, 3.05) is 0 Å². The average molecular weight is 336 g/mol. The van der Waals surface area contributed by atoms with E-state index in [9.17, 15) is 4.79 Å². The van der Waals surface area contributed by atoms with Crippen LogP contribution in [0.25, 0.3) is 11.0 Å². The molecule has 0 spiro atoms. The fourth-order valence-electron chi connectivity index (χ4n) is 3.13. The van der Waals surface area contributed by atoms with E-state index in [0.29, 0.717) is 13.0 Å². The second-order valence-corrected chi connectivity index (χ2v) is 6.51. The van der Waals surface area contributed by atoms with E-state index in [-0.39, 0.29) is 11.9 Å². The van der Waals surface area contributed by atoms with Gasteiger partial charge < -0.3 is 9.32 Å². The molecule has 3 rings (SSSR count). The first-order valence-corrected chi connectivity index (χ1v) is 8.77. The molecule has 4 heteroatoms. The van der Waals surface area contributed by atoms with Crippen molar-refractivity contribution in [1.29, 1.82) is 0 Å². The molecule has 2 heterocycles. The smallest absolute Gasteiger partial charge is 0.227 e. The Bertz CT molecular complexity index is 853. The van der Waals surface area contributed by atoms with Crippen molar-refractivity contribution in [3.63, 3.8) is 0 Å². The van der Waals surface area contributed by atoms with Gasteiger partial charge in [0, 0.05) is 42.4 Å². The summed E-state index contributed by atoms with van der Waals surface area (Å²) in [6.45, 7) is 6.72. The lowest BCUT2D eigenvalue weighted by atomic mass is 10.0. The molecule has 0 fully saturated rings. The number of hydrogen-bond donors (Lipinski definition) is 0. The average Bonchev–Trinajstić information content (AvgIpc) is 2.98. The maximum Gasteiger partial charge on any atom is 0.227 e. The summed E-state index contributed by atoms with van der Waals surface area (Å²) in [7, 11) is 0. The third kappa shape index (κ3) is 3.73. The molecule has 0 aliphatic heterocycles. The zero-order chi connectivity index (χ0) is 17.8. The standard InChI is InChI=1S/C21H24N2O2/c1-4-19-18(17-9-5-6-10-20(17)25-19)12-21(24)23(15(2)3)14-16-8-7-11-22-13-16/h5-11,13,15H,4,12,14H2,1-3H3. The summed E-state index contributed by atoms with van der Waals surface area (Å²) in [4.78, 5) is 19.1. The van der Waals surface area contributed by atoms with Crippen LogP contribution in [0.15, 0.2) is 53.2 Å². The van der Waals surface area contributed by atoms with Gasteiger partial charge in [-0.1, -0.05) is 31.2 Å². The van der Waals surface area contributed by atoms with Crippen molar-refractivity contribution >= 4 is 16.9 Å². The highest BCUT2D eigenvalue weighted by molar-refractivity contribution is 5.88. The van der Waals surface area contributed by atoms with Crippen LogP contribution >= 0.6 is 0 Å². The minimum Gasteiger partial charge on any atom is -0.461 e. The summed E-state index contributed by atoms with van der Waals surface area (Å²) < 4.78 is 5.93. The zero-order valence-electron chi connectivity index (χ0n) is 15.0. The molecule has 0 radical (unpaired) electrons. The minimum absolute atomic E-state index is 0.111. The molecule has 25 heavy (non-hydrogen) atoms. The van der Waals surface area contributed by atoms with E-state index in [1.54, 1.807) is 6.20 Å². The fraction of sp³-hybridized carbons (Fsp3) is 0.333. The number of pyridine rings is 1. The lowest BCUT2D eigenvalue weighted by Crippen LogP contribution is -2.37. The summed E-state index contributed by atoms with van der Waals surface area (Å²) in [5.41, 5.74) is 2.91. The van der Waals surface area contributed by atoms with Gasteiger partial charge in [-0.25, -0.2) is 0 Å². The first kappa shape index (κ1) is 17.2. The van der Waals surface area contributed by atoms with Crippen molar-refractivity contribution in [3.05, 3.63) is 65.7 Å². The van der Waals surface area contributed by atoms with Crippen LogP contribution < -0.4 is 0 Å². The highest BCUT2D eigenvalue weighted by Crippen LogP contribution is 2.27. The molecule has 0 atom stereocenters. The molecule has 0 unspecified atom stereocenters. The second kappa shape index (κ2) is 7.51. The van der Waals surface area contributed by atoms with E-state index < -0.39 is 0 Å². The van der Waals surface area contributed by atoms with Crippen LogP contribution in [0.4, 0.5) is 0 Å². The summed E-state index contributed by atoms with van der Waals surface area (Å²) in [5, 5.41) is 1.04. The predicted molar refractivity (Wildman–Crippen MR) is 99.2 cm³/mol. The quantitative estimate of drug-likeness (QED) is 0.671. The third-order valence-electron chi connectivity index (χ3n) is 4.45. The summed E-state index contributed by atoms with van der Waals surface area (Å²) in [6.07, 6.45) is 4.70. The molecule has 3 aromatic rings. The first-order valence-electron chi connectivity index (χ1n) is 8.77. The van der Waals surface area contributed by atoms with Gasteiger partial charge in [-0.15, -0.1) is 0 Å². The van der Waals surface area contributed by atoms with Gasteiger partial charge in [-0.3, -0.25) is 9.78 Å². The molecule has 0 N–H and O–H groups in total. The minimum atomic E-state index is 0.111. The van der Waals surface area contributed by atoms with Crippen LogP contribution in [-0.4, -0.2) is 21.8 Å². The maximum absolute atomic E-state index is 13.0. The number of furan rings is 1. The van der Waals surface area contributed by atoms with Crippen LogP contribution in [-0.2, 0) is 24.2 Å². The molecule has 2 aromatic heterocycles. The Morgan fingerprint density at radius 3 is 2.68 bits per heavy atom. The molecule has 1 aromatic carbocycles. The van der Waals surface area contributed by atoms with Gasteiger partial charge in [0.25, 0.3) is 0 Å². The normalized spacial score (nSPS) is 11.2. The van der Waals surface area contributed by atoms with Gasteiger partial charge >= 0.3 is 0 Å². The number of amides is 1. The number of carbonyl (C=O) groups excluding carboxylic acids is 1. The number of rotatable bonds is 6. The lowest BCUT2D eigenvalue weighted by Gasteiger charge is -2.27. The predicted octanol–water partition coefficient (Wildman–Crippen LogP) is 4.37. The number of hydrogen-bond acceptors (Lipinski definition) is 3. The monoisotopic (exact) mass is 336 g/mol. The molecule has 0 saturated heterocycles. The highest BCUT2D eigenvalue weighted by Gasteiger charge is 2.22. The second-order valence-electron chi connectivity index (χ2n) is 6.51. The highest BCUT2D eigenvalue weighted by atomic mass is 16.3. The Morgan fingerprint density at radius 2 is 2.00 bits per heavy atom. The molecule has 0 aliphatic rings. The largest absolute Gasteiger partial charge is 0.461 e. The van der Waals surface area contributed by atoms with E-state index in [4.69, 9.17) is 4.42 Å². The van der Waals surface area contributed by atoms with E-state index in [1.165, 1.54) is 0 Å². The van der Waals surface area contributed by atoms with Gasteiger partial charge in [-0.05, 0) is 31.5 Å². The Labute approximate surface area is 148 Å². The number of fused-ring (bicyclic) bond motifs is 1. The summed E-state index contributed by atoms with van der Waals surface area (Å²) in [5.74, 6) is 1.01. The van der Waals surface area contributed by atoms with E-state index >= 15 is 0 Å². The van der Waals surface area contributed by atoms with Crippen LogP contribution in [0.2, 0.25) is 0 Å². The lowest BCUT2D eigenvalue weighted by molar-refractivity contribution is -0.132. The van der Waals surface area contributed by atoms with Gasteiger partial charge in [0.1, 0.15) is 11.3 Å². The topological polar surface area (TPSA) is 46.3 Å². The Hall–Kier alpha value is -2.62. The van der Waals surface area contributed by atoms with Crippen molar-refractivity contribution in [2.45, 2.75) is 46.2 Å². The van der Waals surface area contributed by atoms with Crippen LogP contribution in [0.1, 0.15) is 37.7 Å². The maximum atomic E-state index is 13.0. The number of nitrogens with zero attached hydrogens (tertiary/aromatic N) is 2. The molecular formula is C21H24N2O2. The van der Waals surface area contributed by atoms with Gasteiger partial charge in [0.05, 0.1) is 6.42 Å². The third-order valence-corrected chi connectivity index (χ3v) is 4.45. The Morgan fingerprint density at radius 1 is 1.20 bits per heavy atom. The number of aromatic nitrogens is 1. The molecular weight excluding hydrogens is 312 g/mol. The molecule has 0 aliphatic carbocycles. The van der Waals surface area contributed by atoms with Gasteiger partial charge in [0.15, 0.2) is 0 Å². The number of aryl methyl sites for hydroxylation is 1. The van der Waals surface area contributed by atoms with Gasteiger partial charge in [-0.2, -0.15) is 0 Å². The van der Waals surface area contributed by atoms with Crippen molar-refractivity contribution in [3.8, 4) is 0 Å². The SMILES string of the molecule is CCc1oc2ccccc2c1CC(=O)N(Cc1cccnc1)C(C)C. The van der Waals surface area contributed by atoms with E-state index in [1.807, 2.05) is 61.3 Å². The molecule has 130 valence electrons. The Balaban J connectivity index is 1.87. The number of benzene rings is 1. The first-order chi connectivity index (χ1) is 12.1. The fourth-order valence-corrected chi connectivity index (χ4v) is 3.13. The zero-order valence-corrected chi connectivity index (χ0v) is 15.0. The van der Waals surface area contributed by atoms with Crippen LogP contribution in [0.5, 0.6) is 0 Å². The van der Waals surface area contributed by atoms with Crippen LogP contribution in [0, 0.1) is 0 Å². The van der Waals surface area contributed by atoms with E-state index in [0.717, 1.165) is 34.3 Å². The molecule has 1 amide bonds. The van der Waals surface area contributed by atoms with E-state index in [2.05, 4.69) is 11.9 Å². The van der Waals surface area contributed by atoms with Crippen molar-refractivity contribution in [2.24, 2.45) is 0 Å². The Kier molecular flexibility index (Phi) is 5.17. The summed E-state index contributed by atoms with van der Waals surface area (Å²) >= 11 is 0. The van der Waals surface area contributed by atoms with Crippen LogP contribution in [0.3, 0.4) is 0 Å². The van der Waals surface area contributed by atoms with Crippen molar-refractivity contribution < 1.29 is 9.21 Å². The summed E-state index contributed by atoms with van der Waals surface area (Å²) in [6, 6.07) is 12.0. The molecule has 0 bridgehead atoms. The van der Waals surface area contributed by atoms with Crippen molar-refractivity contribution in [1.82, 2.24) is 9.88 Å². The molecule has 4 nitrogen and oxygen atoms in total.